The van der Waals surface area contributed by atoms with Crippen LogP contribution in [0.1, 0.15) is 24.2 Å². The molecule has 0 heterocycles. The molecule has 1 atom stereocenters. The third kappa shape index (κ3) is 4.09. The summed E-state index contributed by atoms with van der Waals surface area (Å²) in [6.45, 7) is 4.28. The summed E-state index contributed by atoms with van der Waals surface area (Å²) in [5.74, 6) is -0.717. The van der Waals surface area contributed by atoms with Crippen LogP contribution in [0.15, 0.2) is 22.7 Å². The first-order chi connectivity index (χ1) is 7.91. The largest absolute Gasteiger partial charge is 0.350 e. The number of amides is 1. The Hall–Kier alpha value is -0.940. The summed E-state index contributed by atoms with van der Waals surface area (Å²) in [6, 6.07) is 4.20. The van der Waals surface area contributed by atoms with Crippen LogP contribution in [0.4, 0.5) is 4.39 Å². The maximum atomic E-state index is 13.5. The van der Waals surface area contributed by atoms with Gasteiger partial charge in [0.1, 0.15) is 5.82 Å². The molecular formula is C12H16BrFN2O. The van der Waals surface area contributed by atoms with Crippen LogP contribution in [0, 0.1) is 11.7 Å². The minimum absolute atomic E-state index is 0.0316. The van der Waals surface area contributed by atoms with Crippen LogP contribution in [-0.4, -0.2) is 18.5 Å². The summed E-state index contributed by atoms with van der Waals surface area (Å²) < 4.78 is 14.1. The molecule has 1 amide bonds. The van der Waals surface area contributed by atoms with E-state index >= 15 is 0 Å². The van der Waals surface area contributed by atoms with Crippen molar-refractivity contribution in [3.8, 4) is 0 Å². The highest BCUT2D eigenvalue weighted by Gasteiger charge is 2.14. The van der Waals surface area contributed by atoms with Crippen molar-refractivity contribution in [3.05, 3.63) is 34.1 Å². The SMILES string of the molecule is CC(C)C(N)CNC(=O)c1ccc(Br)cc1F. The Bertz CT molecular complexity index is 409. The van der Waals surface area contributed by atoms with Gasteiger partial charge in [0, 0.05) is 17.1 Å². The van der Waals surface area contributed by atoms with Crippen molar-refractivity contribution >= 4 is 21.8 Å². The third-order valence-electron chi connectivity index (χ3n) is 2.53. The lowest BCUT2D eigenvalue weighted by Gasteiger charge is -2.16. The first-order valence-electron chi connectivity index (χ1n) is 5.40. The highest BCUT2D eigenvalue weighted by Crippen LogP contribution is 2.15. The Morgan fingerprint density at radius 2 is 2.18 bits per heavy atom. The maximum Gasteiger partial charge on any atom is 0.254 e. The fourth-order valence-electron chi connectivity index (χ4n) is 1.22. The van der Waals surface area contributed by atoms with Gasteiger partial charge in [0.15, 0.2) is 0 Å². The summed E-state index contributed by atoms with van der Waals surface area (Å²) in [6.07, 6.45) is 0. The molecule has 0 aliphatic heterocycles. The lowest BCUT2D eigenvalue weighted by molar-refractivity contribution is 0.0945. The van der Waals surface area contributed by atoms with E-state index < -0.39 is 11.7 Å². The Kier molecular flexibility index (Phi) is 5.08. The molecule has 0 radical (unpaired) electrons. The zero-order valence-electron chi connectivity index (χ0n) is 9.84. The van der Waals surface area contributed by atoms with Crippen LogP contribution < -0.4 is 11.1 Å². The zero-order valence-corrected chi connectivity index (χ0v) is 11.4. The fourth-order valence-corrected chi connectivity index (χ4v) is 1.55. The van der Waals surface area contributed by atoms with E-state index in [9.17, 15) is 9.18 Å². The van der Waals surface area contributed by atoms with E-state index in [4.69, 9.17) is 5.73 Å². The van der Waals surface area contributed by atoms with Gasteiger partial charge in [0.05, 0.1) is 5.56 Å². The van der Waals surface area contributed by atoms with Crippen LogP contribution in [0.2, 0.25) is 0 Å². The maximum absolute atomic E-state index is 13.5. The Morgan fingerprint density at radius 1 is 1.53 bits per heavy atom. The number of rotatable bonds is 4. The summed E-state index contributed by atoms with van der Waals surface area (Å²) in [7, 11) is 0. The summed E-state index contributed by atoms with van der Waals surface area (Å²) in [5.41, 5.74) is 5.82. The van der Waals surface area contributed by atoms with Gasteiger partial charge in [0.2, 0.25) is 0 Å². The van der Waals surface area contributed by atoms with Gasteiger partial charge < -0.3 is 11.1 Å². The van der Waals surface area contributed by atoms with Crippen molar-refractivity contribution < 1.29 is 9.18 Å². The average molecular weight is 303 g/mol. The molecule has 1 rings (SSSR count). The standard InChI is InChI=1S/C12H16BrFN2O/c1-7(2)11(15)6-16-12(17)9-4-3-8(13)5-10(9)14/h3-5,7,11H,6,15H2,1-2H3,(H,16,17). The highest BCUT2D eigenvalue weighted by molar-refractivity contribution is 9.10. The van der Waals surface area contributed by atoms with Crippen LogP contribution >= 0.6 is 15.9 Å². The molecule has 0 aliphatic rings. The molecule has 17 heavy (non-hydrogen) atoms. The Morgan fingerprint density at radius 3 is 2.71 bits per heavy atom. The smallest absolute Gasteiger partial charge is 0.254 e. The first-order valence-corrected chi connectivity index (χ1v) is 6.20. The second-order valence-electron chi connectivity index (χ2n) is 4.24. The molecule has 1 aromatic rings. The van der Waals surface area contributed by atoms with Gasteiger partial charge in [-0.25, -0.2) is 4.39 Å². The normalized spacial score (nSPS) is 12.6. The van der Waals surface area contributed by atoms with Gasteiger partial charge >= 0.3 is 0 Å². The number of hydrogen-bond acceptors (Lipinski definition) is 2. The first kappa shape index (κ1) is 14.1. The predicted octanol–water partition coefficient (Wildman–Crippen LogP) is 2.30. The van der Waals surface area contributed by atoms with E-state index in [1.54, 1.807) is 6.07 Å². The summed E-state index contributed by atoms with van der Waals surface area (Å²) in [4.78, 5) is 11.7. The third-order valence-corrected chi connectivity index (χ3v) is 3.02. The Labute approximate surface area is 109 Å². The minimum Gasteiger partial charge on any atom is -0.350 e. The van der Waals surface area contributed by atoms with Gasteiger partial charge in [-0.1, -0.05) is 29.8 Å². The molecule has 0 saturated heterocycles. The van der Waals surface area contributed by atoms with Crippen LogP contribution in [0.3, 0.4) is 0 Å². The molecule has 0 saturated carbocycles. The number of hydrogen-bond donors (Lipinski definition) is 2. The van der Waals surface area contributed by atoms with Gasteiger partial charge in [-0.15, -0.1) is 0 Å². The van der Waals surface area contributed by atoms with Crippen molar-refractivity contribution in [3.63, 3.8) is 0 Å². The summed E-state index contributed by atoms with van der Waals surface area (Å²) in [5, 5.41) is 2.62. The second-order valence-corrected chi connectivity index (χ2v) is 5.16. The lowest BCUT2D eigenvalue weighted by Crippen LogP contribution is -2.40. The molecular weight excluding hydrogens is 287 g/mol. The van der Waals surface area contributed by atoms with Gasteiger partial charge in [-0.3, -0.25) is 4.79 Å². The molecule has 94 valence electrons. The fraction of sp³-hybridized carbons (Fsp3) is 0.417. The molecule has 0 spiro atoms. The second kappa shape index (κ2) is 6.12. The van der Waals surface area contributed by atoms with E-state index in [0.717, 1.165) is 0 Å². The van der Waals surface area contributed by atoms with Crippen molar-refractivity contribution in [1.29, 1.82) is 0 Å². The predicted molar refractivity (Wildman–Crippen MR) is 69.2 cm³/mol. The van der Waals surface area contributed by atoms with E-state index in [1.807, 2.05) is 13.8 Å². The molecule has 0 aromatic heterocycles. The van der Waals surface area contributed by atoms with Crippen LogP contribution in [0.25, 0.3) is 0 Å². The van der Waals surface area contributed by atoms with Gasteiger partial charge in [0.25, 0.3) is 5.91 Å². The van der Waals surface area contributed by atoms with Gasteiger partial charge in [-0.05, 0) is 24.1 Å². The van der Waals surface area contributed by atoms with E-state index in [2.05, 4.69) is 21.2 Å². The number of halogens is 2. The minimum atomic E-state index is -0.546. The summed E-state index contributed by atoms with van der Waals surface area (Å²) >= 11 is 3.13. The van der Waals surface area contributed by atoms with Crippen LogP contribution in [0.5, 0.6) is 0 Å². The molecule has 1 aromatic carbocycles. The molecule has 5 heteroatoms. The van der Waals surface area contributed by atoms with Crippen molar-refractivity contribution in [2.75, 3.05) is 6.54 Å². The molecule has 0 bridgehead atoms. The lowest BCUT2D eigenvalue weighted by atomic mass is 10.1. The van der Waals surface area contributed by atoms with Gasteiger partial charge in [-0.2, -0.15) is 0 Å². The number of carbonyl (C=O) groups is 1. The van der Waals surface area contributed by atoms with Crippen molar-refractivity contribution in [2.24, 2.45) is 11.7 Å². The van der Waals surface area contributed by atoms with E-state index in [1.165, 1.54) is 12.1 Å². The highest BCUT2D eigenvalue weighted by atomic mass is 79.9. The van der Waals surface area contributed by atoms with E-state index in [0.29, 0.717) is 11.0 Å². The number of nitrogens with two attached hydrogens (primary N) is 1. The number of carbonyl (C=O) groups excluding carboxylic acids is 1. The molecule has 1 unspecified atom stereocenters. The molecule has 3 nitrogen and oxygen atoms in total. The monoisotopic (exact) mass is 302 g/mol. The average Bonchev–Trinajstić information content (AvgIpc) is 2.25. The quantitative estimate of drug-likeness (QED) is 0.897. The van der Waals surface area contributed by atoms with Crippen molar-refractivity contribution in [1.82, 2.24) is 5.32 Å². The number of benzene rings is 1. The molecule has 3 N–H and O–H groups in total. The Balaban J connectivity index is 2.64. The zero-order chi connectivity index (χ0) is 13.0. The number of nitrogens with one attached hydrogen (secondary N) is 1. The van der Waals surface area contributed by atoms with Crippen molar-refractivity contribution in [2.45, 2.75) is 19.9 Å². The van der Waals surface area contributed by atoms with Crippen LogP contribution in [-0.2, 0) is 0 Å². The molecule has 0 aliphatic carbocycles. The molecule has 0 fully saturated rings. The topological polar surface area (TPSA) is 55.1 Å². The van der Waals surface area contributed by atoms with E-state index in [-0.39, 0.29) is 17.5 Å².